The first-order valence-corrected chi connectivity index (χ1v) is 11.2. The molecule has 7 nitrogen and oxygen atoms in total. The first-order valence-electron chi connectivity index (χ1n) is 10.8. The van der Waals surface area contributed by atoms with E-state index in [2.05, 4.69) is 15.5 Å². The molecular formula is C26H24ClN3O4. The third-order valence-corrected chi connectivity index (χ3v) is 5.38. The molecule has 0 aliphatic carbocycles. The van der Waals surface area contributed by atoms with Crippen molar-refractivity contribution in [2.45, 2.75) is 26.0 Å². The number of aryl methyl sites for hydroxylation is 1. The van der Waals surface area contributed by atoms with Crippen molar-refractivity contribution in [1.82, 2.24) is 15.5 Å². The van der Waals surface area contributed by atoms with Gasteiger partial charge in [0.05, 0.1) is 6.42 Å². The van der Waals surface area contributed by atoms with Crippen LogP contribution in [0.15, 0.2) is 77.3 Å². The lowest BCUT2D eigenvalue weighted by atomic mass is 10.1. The van der Waals surface area contributed by atoms with E-state index >= 15 is 0 Å². The van der Waals surface area contributed by atoms with Crippen molar-refractivity contribution in [3.63, 3.8) is 0 Å². The average Bonchev–Trinajstić information content (AvgIpc) is 3.32. The van der Waals surface area contributed by atoms with Gasteiger partial charge < -0.3 is 19.7 Å². The number of benzene rings is 3. The average molecular weight is 478 g/mol. The highest BCUT2D eigenvalue weighted by atomic mass is 35.5. The van der Waals surface area contributed by atoms with E-state index in [0.29, 0.717) is 35.6 Å². The zero-order valence-electron chi connectivity index (χ0n) is 18.6. The van der Waals surface area contributed by atoms with Crippen molar-refractivity contribution in [3.8, 4) is 17.1 Å². The van der Waals surface area contributed by atoms with E-state index in [1.807, 2.05) is 73.7 Å². The molecule has 8 heteroatoms. The van der Waals surface area contributed by atoms with Gasteiger partial charge in [0.1, 0.15) is 5.75 Å². The molecule has 0 bridgehead atoms. The molecule has 4 rings (SSSR count). The number of ether oxygens (including phenoxy) is 1. The predicted octanol–water partition coefficient (Wildman–Crippen LogP) is 5.43. The topological polar surface area (TPSA) is 97.5 Å². The number of nitrogens with zero attached hydrogens (tertiary/aromatic N) is 2. The molecule has 3 aromatic carbocycles. The summed E-state index contributed by atoms with van der Waals surface area (Å²) in [6, 6.07) is 22.8. The van der Waals surface area contributed by atoms with Crippen molar-refractivity contribution in [1.29, 1.82) is 0 Å². The van der Waals surface area contributed by atoms with Crippen LogP contribution in [0.1, 0.15) is 35.1 Å². The Morgan fingerprint density at radius 3 is 2.59 bits per heavy atom. The number of hydrogen-bond donors (Lipinski definition) is 2. The fourth-order valence-corrected chi connectivity index (χ4v) is 3.54. The van der Waals surface area contributed by atoms with E-state index in [9.17, 15) is 4.79 Å². The molecule has 174 valence electrons. The lowest BCUT2D eigenvalue weighted by Crippen LogP contribution is -2.17. The van der Waals surface area contributed by atoms with E-state index in [1.54, 1.807) is 6.07 Å². The molecule has 1 heterocycles. The number of hydrogen-bond acceptors (Lipinski definition) is 6. The van der Waals surface area contributed by atoms with Crippen LogP contribution < -0.4 is 10.1 Å². The molecule has 1 atom stereocenters. The summed E-state index contributed by atoms with van der Waals surface area (Å²) in [7, 11) is 0. The van der Waals surface area contributed by atoms with E-state index in [4.69, 9.17) is 26.0 Å². The van der Waals surface area contributed by atoms with E-state index in [1.165, 1.54) is 0 Å². The standard InChI is InChI=1S/C26H24ClN3O4/c1-17-5-11-22(12-6-17)33-24(20-3-2-4-21(27)15-20)26-29-25(30-34-26)19-9-7-18(8-10-19)16-28-14-13-23(31)32/h2-12,15,24,28H,13-14,16H2,1H3,(H,31,32). The molecule has 0 radical (unpaired) electrons. The Kier molecular flexibility index (Phi) is 7.57. The summed E-state index contributed by atoms with van der Waals surface area (Å²) in [5, 5.41) is 16.6. The Bertz CT molecular complexity index is 1240. The summed E-state index contributed by atoms with van der Waals surface area (Å²) >= 11 is 6.22. The maximum atomic E-state index is 10.6. The number of carboxylic acid groups (broad SMARTS) is 1. The zero-order valence-corrected chi connectivity index (χ0v) is 19.3. The highest BCUT2D eigenvalue weighted by Crippen LogP contribution is 2.30. The van der Waals surface area contributed by atoms with Crippen molar-refractivity contribution < 1.29 is 19.2 Å². The van der Waals surface area contributed by atoms with Crippen LogP contribution in [0.5, 0.6) is 5.75 Å². The van der Waals surface area contributed by atoms with Gasteiger partial charge in [-0.25, -0.2) is 0 Å². The molecule has 34 heavy (non-hydrogen) atoms. The second-order valence-electron chi connectivity index (χ2n) is 7.84. The van der Waals surface area contributed by atoms with Crippen molar-refractivity contribution in [3.05, 3.63) is 100 Å². The van der Waals surface area contributed by atoms with Gasteiger partial charge in [0.25, 0.3) is 5.89 Å². The van der Waals surface area contributed by atoms with E-state index in [-0.39, 0.29) is 6.42 Å². The van der Waals surface area contributed by atoms with Gasteiger partial charge in [-0.05, 0) is 36.8 Å². The second kappa shape index (κ2) is 11.0. The fraction of sp³-hybridized carbons (Fsp3) is 0.192. The van der Waals surface area contributed by atoms with Crippen LogP contribution in [-0.4, -0.2) is 27.8 Å². The maximum absolute atomic E-state index is 10.6. The minimum atomic E-state index is -0.821. The number of halogens is 1. The van der Waals surface area contributed by atoms with E-state index in [0.717, 1.165) is 22.3 Å². The second-order valence-corrected chi connectivity index (χ2v) is 8.28. The smallest absolute Gasteiger partial charge is 0.304 e. The third-order valence-electron chi connectivity index (χ3n) is 5.15. The third kappa shape index (κ3) is 6.21. The Hall–Kier alpha value is -3.68. The van der Waals surface area contributed by atoms with Crippen LogP contribution in [0.3, 0.4) is 0 Å². The highest BCUT2D eigenvalue weighted by molar-refractivity contribution is 6.30. The molecule has 0 saturated carbocycles. The van der Waals surface area contributed by atoms with Crippen molar-refractivity contribution >= 4 is 17.6 Å². The Morgan fingerprint density at radius 1 is 1.12 bits per heavy atom. The predicted molar refractivity (Wildman–Crippen MR) is 129 cm³/mol. The summed E-state index contributed by atoms with van der Waals surface area (Å²) in [5.41, 5.74) is 3.75. The number of aliphatic carboxylic acids is 1. The fourth-order valence-electron chi connectivity index (χ4n) is 3.34. The zero-order chi connectivity index (χ0) is 23.9. The summed E-state index contributed by atoms with van der Waals surface area (Å²) in [5.74, 6) is 0.616. The quantitative estimate of drug-likeness (QED) is 0.294. The van der Waals surface area contributed by atoms with Gasteiger partial charge in [-0.2, -0.15) is 4.98 Å². The van der Waals surface area contributed by atoms with Gasteiger partial charge in [0.2, 0.25) is 11.9 Å². The largest absolute Gasteiger partial charge is 0.481 e. The molecule has 0 spiro atoms. The number of nitrogens with one attached hydrogen (secondary N) is 1. The van der Waals surface area contributed by atoms with Crippen molar-refractivity contribution in [2.75, 3.05) is 6.54 Å². The SMILES string of the molecule is Cc1ccc(OC(c2cccc(Cl)c2)c2nc(-c3ccc(CNCCC(=O)O)cc3)no2)cc1. The summed E-state index contributed by atoms with van der Waals surface area (Å²) in [4.78, 5) is 15.2. The Labute approximate surface area is 202 Å². The summed E-state index contributed by atoms with van der Waals surface area (Å²) in [6.07, 6.45) is -0.539. The first kappa shape index (κ1) is 23.5. The molecule has 4 aromatic rings. The molecule has 0 aliphatic heterocycles. The number of carbonyl (C=O) groups is 1. The Morgan fingerprint density at radius 2 is 1.88 bits per heavy atom. The van der Waals surface area contributed by atoms with Crippen molar-refractivity contribution in [2.24, 2.45) is 0 Å². The van der Waals surface area contributed by atoms with Gasteiger partial charge in [-0.15, -0.1) is 0 Å². The molecule has 0 amide bonds. The minimum absolute atomic E-state index is 0.0855. The van der Waals surface area contributed by atoms with Gasteiger partial charge in [-0.1, -0.05) is 70.9 Å². The minimum Gasteiger partial charge on any atom is -0.481 e. The van der Waals surface area contributed by atoms with Gasteiger partial charge >= 0.3 is 5.97 Å². The van der Waals surface area contributed by atoms with Crippen LogP contribution in [0, 0.1) is 6.92 Å². The number of rotatable bonds is 10. The van der Waals surface area contributed by atoms with Gasteiger partial charge in [-0.3, -0.25) is 4.79 Å². The van der Waals surface area contributed by atoms with Gasteiger partial charge in [0.15, 0.2) is 0 Å². The molecule has 0 aliphatic rings. The summed E-state index contributed by atoms with van der Waals surface area (Å²) in [6.45, 7) is 3.00. The molecule has 0 saturated heterocycles. The lowest BCUT2D eigenvalue weighted by Gasteiger charge is -2.16. The van der Waals surface area contributed by atoms with Crippen LogP contribution in [0.2, 0.25) is 5.02 Å². The molecular weight excluding hydrogens is 454 g/mol. The van der Waals surface area contributed by atoms with Crippen LogP contribution in [0.25, 0.3) is 11.4 Å². The Balaban J connectivity index is 1.53. The van der Waals surface area contributed by atoms with Crippen LogP contribution >= 0.6 is 11.6 Å². The molecule has 1 aromatic heterocycles. The normalized spacial score (nSPS) is 11.8. The highest BCUT2D eigenvalue weighted by Gasteiger charge is 2.24. The molecule has 1 unspecified atom stereocenters. The molecule has 0 fully saturated rings. The van der Waals surface area contributed by atoms with Crippen LogP contribution in [-0.2, 0) is 11.3 Å². The summed E-state index contributed by atoms with van der Waals surface area (Å²) < 4.78 is 11.8. The first-order chi connectivity index (χ1) is 16.5. The van der Waals surface area contributed by atoms with Gasteiger partial charge in [0, 0.05) is 29.2 Å². The monoisotopic (exact) mass is 477 g/mol. The molecule has 2 N–H and O–H groups in total. The number of aromatic nitrogens is 2. The number of carboxylic acids is 1. The van der Waals surface area contributed by atoms with E-state index < -0.39 is 12.1 Å². The van der Waals surface area contributed by atoms with Crippen LogP contribution in [0.4, 0.5) is 0 Å². The maximum Gasteiger partial charge on any atom is 0.304 e. The lowest BCUT2D eigenvalue weighted by molar-refractivity contribution is -0.136.